The van der Waals surface area contributed by atoms with Crippen LogP contribution in [-0.4, -0.2) is 57.9 Å². The van der Waals surface area contributed by atoms with Gasteiger partial charge in [0.2, 0.25) is 11.9 Å². The van der Waals surface area contributed by atoms with Gasteiger partial charge in [0.1, 0.15) is 6.33 Å². The zero-order valence-corrected chi connectivity index (χ0v) is 18.5. The second-order valence-electron chi connectivity index (χ2n) is 7.94. The van der Waals surface area contributed by atoms with Crippen LogP contribution in [-0.2, 0) is 11.2 Å². The molecule has 1 saturated heterocycles. The molecule has 0 bridgehead atoms. The van der Waals surface area contributed by atoms with Gasteiger partial charge in [-0.1, -0.05) is 23.7 Å². The van der Waals surface area contributed by atoms with E-state index in [1.807, 2.05) is 54.4 Å². The van der Waals surface area contributed by atoms with Crippen molar-refractivity contribution in [3.63, 3.8) is 0 Å². The molecular formula is C23H25ClN6O. The first kappa shape index (κ1) is 21.2. The fourth-order valence-electron chi connectivity index (χ4n) is 3.84. The topological polar surface area (TPSA) is 75.1 Å². The Hall–Kier alpha value is -3.06. The van der Waals surface area contributed by atoms with Gasteiger partial charge in [-0.05, 0) is 30.5 Å². The Morgan fingerprint density at radius 2 is 1.90 bits per heavy atom. The largest absolute Gasteiger partial charge is 0.347 e. The van der Waals surface area contributed by atoms with E-state index in [0.717, 1.165) is 35.3 Å². The van der Waals surface area contributed by atoms with E-state index in [4.69, 9.17) is 16.6 Å². The summed E-state index contributed by atoms with van der Waals surface area (Å²) in [5.41, 5.74) is 3.87. The Morgan fingerprint density at radius 3 is 2.61 bits per heavy atom. The number of carbonyl (C=O) groups is 1. The van der Waals surface area contributed by atoms with Crippen molar-refractivity contribution in [2.24, 2.45) is 0 Å². The van der Waals surface area contributed by atoms with Gasteiger partial charge in [-0.2, -0.15) is 0 Å². The molecule has 8 heteroatoms. The number of halogens is 1. The summed E-state index contributed by atoms with van der Waals surface area (Å²) < 4.78 is 0. The van der Waals surface area contributed by atoms with Crippen molar-refractivity contribution in [3.8, 4) is 11.1 Å². The maximum Gasteiger partial charge on any atom is 0.225 e. The summed E-state index contributed by atoms with van der Waals surface area (Å²) in [7, 11) is 3.84. The minimum atomic E-state index is 0.149. The van der Waals surface area contributed by atoms with Crippen LogP contribution in [0.15, 0.2) is 49.2 Å². The summed E-state index contributed by atoms with van der Waals surface area (Å²) in [5, 5.41) is 0.707. The first-order valence-electron chi connectivity index (χ1n) is 10.3. The highest BCUT2D eigenvalue weighted by atomic mass is 35.5. The molecule has 0 unspecified atom stereocenters. The summed E-state index contributed by atoms with van der Waals surface area (Å²) in [5.74, 6) is 0.975. The number of carbonyl (C=O) groups excluding carboxylic acids is 1. The molecule has 4 rings (SSSR count). The van der Waals surface area contributed by atoms with Crippen molar-refractivity contribution in [1.82, 2.24) is 24.8 Å². The smallest absolute Gasteiger partial charge is 0.225 e. The number of anilines is 1. The van der Waals surface area contributed by atoms with E-state index in [-0.39, 0.29) is 11.8 Å². The minimum Gasteiger partial charge on any atom is -0.347 e. The van der Waals surface area contributed by atoms with Crippen LogP contribution in [0.25, 0.3) is 11.1 Å². The zero-order chi connectivity index (χ0) is 21.8. The van der Waals surface area contributed by atoms with Crippen LogP contribution >= 0.6 is 11.6 Å². The highest BCUT2D eigenvalue weighted by Crippen LogP contribution is 2.34. The molecule has 1 atom stereocenters. The molecule has 0 spiro atoms. The molecule has 1 aliphatic rings. The van der Waals surface area contributed by atoms with Crippen molar-refractivity contribution < 1.29 is 4.79 Å². The predicted molar refractivity (Wildman–Crippen MR) is 121 cm³/mol. The molecule has 1 aliphatic heterocycles. The molecule has 160 valence electrons. The number of likely N-dealkylation sites (tertiary alicyclic amines) is 1. The summed E-state index contributed by atoms with van der Waals surface area (Å²) in [6.07, 6.45) is 8.96. The molecule has 0 N–H and O–H groups in total. The first-order valence-corrected chi connectivity index (χ1v) is 10.7. The third-order valence-electron chi connectivity index (χ3n) is 5.55. The summed E-state index contributed by atoms with van der Waals surface area (Å²) >= 11 is 5.94. The molecule has 7 nitrogen and oxygen atoms in total. The van der Waals surface area contributed by atoms with Crippen molar-refractivity contribution in [1.29, 1.82) is 0 Å². The average Bonchev–Trinajstić information content (AvgIpc) is 3.29. The Morgan fingerprint density at radius 1 is 1.16 bits per heavy atom. The van der Waals surface area contributed by atoms with Gasteiger partial charge in [-0.25, -0.2) is 19.9 Å². The maximum absolute atomic E-state index is 12.8. The van der Waals surface area contributed by atoms with Crippen molar-refractivity contribution >= 4 is 23.5 Å². The van der Waals surface area contributed by atoms with Crippen LogP contribution in [0.4, 0.5) is 5.95 Å². The van der Waals surface area contributed by atoms with Gasteiger partial charge in [0.05, 0.1) is 5.69 Å². The fourth-order valence-corrected chi connectivity index (χ4v) is 3.97. The van der Waals surface area contributed by atoms with Crippen molar-refractivity contribution in [2.75, 3.05) is 32.1 Å². The van der Waals surface area contributed by atoms with Gasteiger partial charge in [0.25, 0.3) is 0 Å². The van der Waals surface area contributed by atoms with Crippen LogP contribution in [0.1, 0.15) is 30.0 Å². The van der Waals surface area contributed by atoms with E-state index >= 15 is 0 Å². The van der Waals surface area contributed by atoms with Gasteiger partial charge in [0, 0.05) is 74.3 Å². The minimum absolute atomic E-state index is 0.149. The average molecular weight is 437 g/mol. The third-order valence-corrected chi connectivity index (χ3v) is 5.80. The van der Waals surface area contributed by atoms with E-state index in [1.165, 1.54) is 6.33 Å². The van der Waals surface area contributed by atoms with Crippen LogP contribution < -0.4 is 4.90 Å². The quantitative estimate of drug-likeness (QED) is 0.587. The Bertz CT molecular complexity index is 1040. The fraction of sp³-hybridized carbons (Fsp3) is 0.348. The summed E-state index contributed by atoms with van der Waals surface area (Å²) in [6, 6.07) is 7.67. The molecule has 31 heavy (non-hydrogen) atoms. The second kappa shape index (κ2) is 9.39. The van der Waals surface area contributed by atoms with Crippen molar-refractivity contribution in [2.45, 2.75) is 25.2 Å². The van der Waals surface area contributed by atoms with Gasteiger partial charge < -0.3 is 9.80 Å². The molecule has 0 radical (unpaired) electrons. The van der Waals surface area contributed by atoms with Crippen LogP contribution in [0.3, 0.4) is 0 Å². The molecule has 1 aromatic carbocycles. The molecule has 1 fully saturated rings. The van der Waals surface area contributed by atoms with Crippen LogP contribution in [0, 0.1) is 0 Å². The SMILES string of the molecule is CN(C)c1ncc(-c2cncnc2)c([C@@H]2CCN(C(=O)CCc3ccc(Cl)cc3)C2)n1. The first-order chi connectivity index (χ1) is 15.0. The highest BCUT2D eigenvalue weighted by Gasteiger charge is 2.30. The van der Waals surface area contributed by atoms with Gasteiger partial charge in [-0.15, -0.1) is 0 Å². The Kier molecular flexibility index (Phi) is 6.42. The number of amides is 1. The number of benzene rings is 1. The molecule has 1 amide bonds. The van der Waals surface area contributed by atoms with Crippen LogP contribution in [0.5, 0.6) is 0 Å². The number of hydrogen-bond donors (Lipinski definition) is 0. The number of aryl methyl sites for hydroxylation is 1. The highest BCUT2D eigenvalue weighted by molar-refractivity contribution is 6.30. The van der Waals surface area contributed by atoms with Crippen LogP contribution in [0.2, 0.25) is 5.02 Å². The monoisotopic (exact) mass is 436 g/mol. The zero-order valence-electron chi connectivity index (χ0n) is 17.7. The lowest BCUT2D eigenvalue weighted by molar-refractivity contribution is -0.130. The number of aromatic nitrogens is 4. The number of hydrogen-bond acceptors (Lipinski definition) is 6. The lowest BCUT2D eigenvalue weighted by atomic mass is 9.97. The molecule has 0 saturated carbocycles. The Labute approximate surface area is 187 Å². The van der Waals surface area contributed by atoms with Gasteiger partial charge in [0.15, 0.2) is 0 Å². The molecule has 3 heterocycles. The van der Waals surface area contributed by atoms with Crippen molar-refractivity contribution in [3.05, 3.63) is 65.5 Å². The maximum atomic E-state index is 12.8. The predicted octanol–water partition coefficient (Wildman–Crippen LogP) is 3.60. The number of nitrogens with zero attached hydrogens (tertiary/aromatic N) is 6. The summed E-state index contributed by atoms with van der Waals surface area (Å²) in [4.78, 5) is 34.3. The molecule has 3 aromatic rings. The standard InChI is InChI=1S/C23H25ClN6O/c1-29(2)23-27-13-20(18-11-25-15-26-12-18)22(28-23)17-9-10-30(14-17)21(31)8-5-16-3-6-19(24)7-4-16/h3-4,6-7,11-13,15,17H,5,8-10,14H2,1-2H3/t17-/m1/s1. The molecule has 0 aliphatic carbocycles. The Balaban J connectivity index is 1.49. The molecule has 2 aromatic heterocycles. The van der Waals surface area contributed by atoms with Gasteiger partial charge in [-0.3, -0.25) is 4.79 Å². The van der Waals surface area contributed by atoms with E-state index in [2.05, 4.69) is 15.0 Å². The van der Waals surface area contributed by atoms with E-state index in [0.29, 0.717) is 30.4 Å². The van der Waals surface area contributed by atoms with Gasteiger partial charge >= 0.3 is 0 Å². The van der Waals surface area contributed by atoms with E-state index in [1.54, 1.807) is 12.4 Å². The molecular weight excluding hydrogens is 412 g/mol. The number of rotatable bonds is 6. The second-order valence-corrected chi connectivity index (χ2v) is 8.38. The lowest BCUT2D eigenvalue weighted by Crippen LogP contribution is -2.28. The lowest BCUT2D eigenvalue weighted by Gasteiger charge is -2.19. The van der Waals surface area contributed by atoms with E-state index in [9.17, 15) is 4.79 Å². The van der Waals surface area contributed by atoms with E-state index < -0.39 is 0 Å². The third kappa shape index (κ3) is 4.99. The summed E-state index contributed by atoms with van der Waals surface area (Å²) in [6.45, 7) is 1.39. The normalized spacial score (nSPS) is 15.8.